The van der Waals surface area contributed by atoms with Crippen LogP contribution in [-0.4, -0.2) is 6.21 Å². The average Bonchev–Trinajstić information content (AvgIpc) is 2.36. The van der Waals surface area contributed by atoms with E-state index in [0.717, 1.165) is 23.3 Å². The van der Waals surface area contributed by atoms with Crippen LogP contribution in [0.4, 0.5) is 18.9 Å². The third-order valence-corrected chi connectivity index (χ3v) is 2.58. The molecule has 0 fully saturated rings. The Kier molecular flexibility index (Phi) is 3.69. The van der Waals surface area contributed by atoms with E-state index in [9.17, 15) is 13.2 Å². The van der Waals surface area contributed by atoms with Gasteiger partial charge in [0.1, 0.15) is 0 Å². The highest BCUT2D eigenvalue weighted by atomic mass is 19.4. The predicted molar refractivity (Wildman–Crippen MR) is 69.9 cm³/mol. The van der Waals surface area contributed by atoms with Crippen molar-refractivity contribution in [2.75, 3.05) is 0 Å². The van der Waals surface area contributed by atoms with Crippen LogP contribution in [0, 0.1) is 6.92 Å². The molecule has 1 nitrogen and oxygen atoms in total. The quantitative estimate of drug-likeness (QED) is 0.692. The summed E-state index contributed by atoms with van der Waals surface area (Å²) in [5, 5.41) is 0. The van der Waals surface area contributed by atoms with E-state index >= 15 is 0 Å². The van der Waals surface area contributed by atoms with E-state index in [4.69, 9.17) is 0 Å². The van der Waals surface area contributed by atoms with E-state index in [1.165, 1.54) is 6.07 Å². The lowest BCUT2D eigenvalue weighted by Gasteiger charge is -2.06. The summed E-state index contributed by atoms with van der Waals surface area (Å²) in [5.41, 5.74) is 1.54. The van der Waals surface area contributed by atoms with Crippen LogP contribution in [-0.2, 0) is 6.18 Å². The number of benzene rings is 2. The maximum Gasteiger partial charge on any atom is 0.416 e. The second-order valence-corrected chi connectivity index (χ2v) is 4.22. The van der Waals surface area contributed by atoms with Gasteiger partial charge in [0, 0.05) is 6.21 Å². The van der Waals surface area contributed by atoms with Gasteiger partial charge in [-0.05, 0) is 30.7 Å². The van der Waals surface area contributed by atoms with E-state index in [1.54, 1.807) is 12.3 Å². The highest BCUT2D eigenvalue weighted by Crippen LogP contribution is 2.31. The molecule has 0 saturated heterocycles. The van der Waals surface area contributed by atoms with E-state index < -0.39 is 11.7 Å². The topological polar surface area (TPSA) is 12.4 Å². The number of hydrogen-bond donors (Lipinski definition) is 0. The molecule has 0 bridgehead atoms. The number of aryl methyl sites for hydroxylation is 1. The molecule has 2 aromatic carbocycles. The molecule has 4 heteroatoms. The summed E-state index contributed by atoms with van der Waals surface area (Å²) in [5.74, 6) is 0. The molecule has 2 aromatic rings. The molecule has 0 aromatic heterocycles. The Morgan fingerprint density at radius 2 is 1.74 bits per heavy atom. The normalized spacial score (nSPS) is 12.0. The minimum atomic E-state index is -4.34. The number of halogens is 3. The summed E-state index contributed by atoms with van der Waals surface area (Å²) >= 11 is 0. The van der Waals surface area contributed by atoms with E-state index in [-0.39, 0.29) is 5.69 Å². The maximum absolute atomic E-state index is 12.5. The van der Waals surface area contributed by atoms with Gasteiger partial charge in [0.05, 0.1) is 11.3 Å². The number of nitrogens with zero attached hydrogens (tertiary/aromatic N) is 1. The third-order valence-electron chi connectivity index (χ3n) is 2.58. The minimum absolute atomic E-state index is 0.288. The lowest BCUT2D eigenvalue weighted by atomic mass is 10.1. The van der Waals surface area contributed by atoms with Crippen LogP contribution >= 0.6 is 0 Å². The summed E-state index contributed by atoms with van der Waals surface area (Å²) in [6.07, 6.45) is -2.78. The minimum Gasteiger partial charge on any atom is -0.256 e. The molecule has 98 valence electrons. The summed E-state index contributed by atoms with van der Waals surface area (Å²) < 4.78 is 37.6. The molecule has 0 spiro atoms. The van der Waals surface area contributed by atoms with E-state index in [2.05, 4.69) is 4.99 Å². The molecule has 0 aliphatic carbocycles. The van der Waals surface area contributed by atoms with Gasteiger partial charge in [0.15, 0.2) is 0 Å². The van der Waals surface area contributed by atoms with Crippen LogP contribution in [0.25, 0.3) is 0 Å². The van der Waals surface area contributed by atoms with Gasteiger partial charge in [-0.3, -0.25) is 4.99 Å². The smallest absolute Gasteiger partial charge is 0.256 e. The van der Waals surface area contributed by atoms with Crippen molar-refractivity contribution in [3.63, 3.8) is 0 Å². The van der Waals surface area contributed by atoms with E-state index in [1.807, 2.05) is 31.2 Å². The first-order valence-corrected chi connectivity index (χ1v) is 5.73. The standard InChI is InChI=1S/C15H12F3N/c1-11-4-2-5-12(8-11)10-19-14-7-3-6-13(9-14)15(16,17)18/h2-10H,1H3. The van der Waals surface area contributed by atoms with Gasteiger partial charge in [0.25, 0.3) is 0 Å². The molecule has 0 N–H and O–H groups in total. The van der Waals surface area contributed by atoms with Crippen molar-refractivity contribution in [2.45, 2.75) is 13.1 Å². The largest absolute Gasteiger partial charge is 0.416 e. The van der Waals surface area contributed by atoms with Crippen molar-refractivity contribution in [3.8, 4) is 0 Å². The Morgan fingerprint density at radius 3 is 2.42 bits per heavy atom. The molecular formula is C15H12F3N. The summed E-state index contributed by atoms with van der Waals surface area (Å²) in [7, 11) is 0. The van der Waals surface area contributed by atoms with Gasteiger partial charge in [-0.1, -0.05) is 35.9 Å². The lowest BCUT2D eigenvalue weighted by molar-refractivity contribution is -0.137. The molecule has 0 amide bonds. The van der Waals surface area contributed by atoms with Gasteiger partial charge >= 0.3 is 6.18 Å². The van der Waals surface area contributed by atoms with Crippen LogP contribution in [0.5, 0.6) is 0 Å². The summed E-state index contributed by atoms with van der Waals surface area (Å²) in [6.45, 7) is 1.95. The fourth-order valence-corrected chi connectivity index (χ4v) is 1.66. The third kappa shape index (κ3) is 3.68. The van der Waals surface area contributed by atoms with Crippen molar-refractivity contribution in [2.24, 2.45) is 4.99 Å². The highest BCUT2D eigenvalue weighted by molar-refractivity contribution is 5.82. The molecule has 0 aliphatic heterocycles. The molecule has 0 unspecified atom stereocenters. The molecular weight excluding hydrogens is 251 g/mol. The zero-order valence-electron chi connectivity index (χ0n) is 10.3. The Bertz CT molecular complexity index is 600. The Morgan fingerprint density at radius 1 is 1.00 bits per heavy atom. The van der Waals surface area contributed by atoms with Crippen molar-refractivity contribution < 1.29 is 13.2 Å². The second-order valence-electron chi connectivity index (χ2n) is 4.22. The van der Waals surface area contributed by atoms with Gasteiger partial charge < -0.3 is 0 Å². The van der Waals surface area contributed by atoms with Gasteiger partial charge in [-0.2, -0.15) is 13.2 Å². The number of aliphatic imine (C=N–C) groups is 1. The fraction of sp³-hybridized carbons (Fsp3) is 0.133. The molecule has 19 heavy (non-hydrogen) atoms. The molecule has 0 atom stereocenters. The molecule has 0 saturated carbocycles. The van der Waals surface area contributed by atoms with Gasteiger partial charge in [-0.15, -0.1) is 0 Å². The van der Waals surface area contributed by atoms with Gasteiger partial charge in [0.2, 0.25) is 0 Å². The average molecular weight is 263 g/mol. The maximum atomic E-state index is 12.5. The fourth-order valence-electron chi connectivity index (χ4n) is 1.66. The highest BCUT2D eigenvalue weighted by Gasteiger charge is 2.30. The zero-order chi connectivity index (χ0) is 13.9. The van der Waals surface area contributed by atoms with Crippen LogP contribution in [0.2, 0.25) is 0 Å². The van der Waals surface area contributed by atoms with Crippen LogP contribution in [0.15, 0.2) is 53.5 Å². The van der Waals surface area contributed by atoms with Crippen LogP contribution in [0.1, 0.15) is 16.7 Å². The zero-order valence-corrected chi connectivity index (χ0v) is 10.3. The predicted octanol–water partition coefficient (Wildman–Crippen LogP) is 4.76. The van der Waals surface area contributed by atoms with Crippen LogP contribution in [0.3, 0.4) is 0 Å². The van der Waals surface area contributed by atoms with Gasteiger partial charge in [-0.25, -0.2) is 0 Å². The van der Waals surface area contributed by atoms with Crippen molar-refractivity contribution in [1.29, 1.82) is 0 Å². The first kappa shape index (κ1) is 13.3. The second kappa shape index (κ2) is 5.26. The number of rotatable bonds is 2. The Hall–Kier alpha value is -2.10. The SMILES string of the molecule is Cc1cccc(C=Nc2cccc(C(F)(F)F)c2)c1. The van der Waals surface area contributed by atoms with Crippen molar-refractivity contribution >= 4 is 11.9 Å². The van der Waals surface area contributed by atoms with Crippen LogP contribution < -0.4 is 0 Å². The molecule has 0 heterocycles. The molecule has 0 radical (unpaired) electrons. The van der Waals surface area contributed by atoms with E-state index in [0.29, 0.717) is 0 Å². The summed E-state index contributed by atoms with van der Waals surface area (Å²) in [6, 6.07) is 12.6. The monoisotopic (exact) mass is 263 g/mol. The van der Waals surface area contributed by atoms with Crippen molar-refractivity contribution in [3.05, 3.63) is 65.2 Å². The number of hydrogen-bond acceptors (Lipinski definition) is 1. The molecule has 0 aliphatic rings. The molecule has 2 rings (SSSR count). The Labute approximate surface area is 109 Å². The van der Waals surface area contributed by atoms with Crippen molar-refractivity contribution in [1.82, 2.24) is 0 Å². The summed E-state index contributed by atoms with van der Waals surface area (Å²) in [4.78, 5) is 4.07. The first-order valence-electron chi connectivity index (χ1n) is 5.73. The Balaban J connectivity index is 2.24. The lowest BCUT2D eigenvalue weighted by Crippen LogP contribution is -2.03. The first-order chi connectivity index (χ1) is 8.95. The number of alkyl halides is 3.